The van der Waals surface area contributed by atoms with E-state index in [9.17, 15) is 0 Å². The monoisotopic (exact) mass is 358 g/mol. The molecule has 0 heterocycles. The van der Waals surface area contributed by atoms with Gasteiger partial charge < -0.3 is 14.8 Å². The van der Waals surface area contributed by atoms with E-state index in [-0.39, 0.29) is 0 Å². The van der Waals surface area contributed by atoms with Crippen molar-refractivity contribution in [2.75, 3.05) is 57.9 Å². The fourth-order valence-electron chi connectivity index (χ4n) is 1.94. The van der Waals surface area contributed by atoms with Crippen LogP contribution in [0.1, 0.15) is 13.8 Å². The van der Waals surface area contributed by atoms with Crippen LogP contribution in [0, 0.1) is 0 Å². The van der Waals surface area contributed by atoms with E-state index in [1.807, 2.05) is 26.0 Å². The lowest BCUT2D eigenvalue weighted by Crippen LogP contribution is -2.35. The molecule has 0 aromatic heterocycles. The van der Waals surface area contributed by atoms with Crippen LogP contribution in [0.15, 0.2) is 28.7 Å². The predicted octanol–water partition coefficient (Wildman–Crippen LogP) is 3.24. The Hall–Kier alpha value is -0.620. The highest BCUT2D eigenvalue weighted by atomic mass is 79.9. The predicted molar refractivity (Wildman–Crippen MR) is 92.1 cm³/mol. The first-order valence-corrected chi connectivity index (χ1v) is 8.42. The summed E-state index contributed by atoms with van der Waals surface area (Å²) in [7, 11) is 0. The molecule has 1 N–H and O–H groups in total. The zero-order valence-electron chi connectivity index (χ0n) is 13.1. The first-order chi connectivity index (χ1) is 10.3. The first-order valence-electron chi connectivity index (χ1n) is 7.63. The number of ether oxygens (including phenoxy) is 2. The largest absolute Gasteiger partial charge is 0.384 e. The lowest BCUT2D eigenvalue weighted by Gasteiger charge is -2.22. The maximum Gasteiger partial charge on any atom is 0.0593 e. The summed E-state index contributed by atoms with van der Waals surface area (Å²) in [5.41, 5.74) is 1.15. The summed E-state index contributed by atoms with van der Waals surface area (Å²) in [4.78, 5) is 2.37. The van der Waals surface area contributed by atoms with Gasteiger partial charge in [0.2, 0.25) is 0 Å². The minimum absolute atomic E-state index is 0.774. The molecule has 1 aromatic carbocycles. The highest BCUT2D eigenvalue weighted by molar-refractivity contribution is 9.10. The molecular formula is C16H27BrN2O2. The molecule has 0 fully saturated rings. The third-order valence-electron chi connectivity index (χ3n) is 3.11. The number of benzene rings is 1. The maximum absolute atomic E-state index is 5.44. The Labute approximate surface area is 136 Å². The van der Waals surface area contributed by atoms with Crippen molar-refractivity contribution in [3.8, 4) is 0 Å². The SMILES string of the molecule is CCOCCN(CCNc1ccc(Br)cc1)CCOCC. The Morgan fingerprint density at radius 3 is 2.05 bits per heavy atom. The van der Waals surface area contributed by atoms with E-state index in [2.05, 4.69) is 38.3 Å². The topological polar surface area (TPSA) is 33.7 Å². The molecule has 0 bridgehead atoms. The van der Waals surface area contributed by atoms with E-state index >= 15 is 0 Å². The van der Waals surface area contributed by atoms with E-state index in [1.165, 1.54) is 0 Å². The molecule has 21 heavy (non-hydrogen) atoms. The van der Waals surface area contributed by atoms with Crippen molar-refractivity contribution < 1.29 is 9.47 Å². The molecule has 0 aliphatic heterocycles. The highest BCUT2D eigenvalue weighted by Crippen LogP contribution is 2.13. The van der Waals surface area contributed by atoms with E-state index in [0.717, 1.165) is 62.8 Å². The number of anilines is 1. The van der Waals surface area contributed by atoms with Gasteiger partial charge in [0.15, 0.2) is 0 Å². The van der Waals surface area contributed by atoms with Crippen LogP contribution in [0.2, 0.25) is 0 Å². The summed E-state index contributed by atoms with van der Waals surface area (Å²) in [5.74, 6) is 0. The number of halogens is 1. The second kappa shape index (κ2) is 12.0. The Kier molecular flexibility index (Phi) is 10.5. The molecule has 5 heteroatoms. The lowest BCUT2D eigenvalue weighted by atomic mass is 10.3. The minimum Gasteiger partial charge on any atom is -0.384 e. The van der Waals surface area contributed by atoms with Gasteiger partial charge in [-0.05, 0) is 38.1 Å². The molecule has 0 radical (unpaired) electrons. The van der Waals surface area contributed by atoms with Crippen molar-refractivity contribution in [2.24, 2.45) is 0 Å². The summed E-state index contributed by atoms with van der Waals surface area (Å²) in [6.45, 7) is 11.0. The zero-order chi connectivity index (χ0) is 15.3. The molecule has 120 valence electrons. The van der Waals surface area contributed by atoms with E-state index < -0.39 is 0 Å². The third-order valence-corrected chi connectivity index (χ3v) is 3.64. The van der Waals surface area contributed by atoms with E-state index in [0.29, 0.717) is 0 Å². The standard InChI is InChI=1S/C16H27BrN2O2/c1-3-20-13-11-19(12-14-21-4-2)10-9-18-16-7-5-15(17)6-8-16/h5-8,18H,3-4,9-14H2,1-2H3. The van der Waals surface area contributed by atoms with Gasteiger partial charge in [0.1, 0.15) is 0 Å². The van der Waals surface area contributed by atoms with Gasteiger partial charge in [-0.3, -0.25) is 4.90 Å². The molecule has 0 aliphatic rings. The van der Waals surface area contributed by atoms with Crippen molar-refractivity contribution in [1.29, 1.82) is 0 Å². The van der Waals surface area contributed by atoms with Gasteiger partial charge in [0, 0.05) is 49.6 Å². The molecule has 0 aliphatic carbocycles. The fraction of sp³-hybridized carbons (Fsp3) is 0.625. The molecular weight excluding hydrogens is 332 g/mol. The Bertz CT molecular complexity index is 350. The Balaban J connectivity index is 2.27. The average Bonchev–Trinajstić information content (AvgIpc) is 2.49. The Morgan fingerprint density at radius 1 is 0.952 bits per heavy atom. The van der Waals surface area contributed by atoms with Crippen LogP contribution in [-0.2, 0) is 9.47 Å². The molecule has 1 aromatic rings. The Morgan fingerprint density at radius 2 is 1.52 bits per heavy atom. The van der Waals surface area contributed by atoms with Gasteiger partial charge in [0.25, 0.3) is 0 Å². The zero-order valence-corrected chi connectivity index (χ0v) is 14.7. The van der Waals surface area contributed by atoms with Crippen LogP contribution in [-0.4, -0.2) is 57.5 Å². The van der Waals surface area contributed by atoms with Gasteiger partial charge in [-0.1, -0.05) is 15.9 Å². The van der Waals surface area contributed by atoms with Crippen LogP contribution in [0.5, 0.6) is 0 Å². The number of hydrogen-bond acceptors (Lipinski definition) is 4. The van der Waals surface area contributed by atoms with Crippen LogP contribution < -0.4 is 5.32 Å². The van der Waals surface area contributed by atoms with Crippen molar-refractivity contribution in [3.05, 3.63) is 28.7 Å². The molecule has 0 spiro atoms. The van der Waals surface area contributed by atoms with Crippen molar-refractivity contribution in [1.82, 2.24) is 4.90 Å². The minimum atomic E-state index is 0.774. The maximum atomic E-state index is 5.44. The van der Waals surface area contributed by atoms with Crippen LogP contribution in [0.4, 0.5) is 5.69 Å². The second-order valence-electron chi connectivity index (χ2n) is 4.67. The number of hydrogen-bond donors (Lipinski definition) is 1. The van der Waals surface area contributed by atoms with Gasteiger partial charge in [-0.25, -0.2) is 0 Å². The highest BCUT2D eigenvalue weighted by Gasteiger charge is 2.04. The van der Waals surface area contributed by atoms with Gasteiger partial charge >= 0.3 is 0 Å². The average molecular weight is 359 g/mol. The lowest BCUT2D eigenvalue weighted by molar-refractivity contribution is 0.0846. The normalized spacial score (nSPS) is 11.0. The smallest absolute Gasteiger partial charge is 0.0593 e. The molecule has 0 atom stereocenters. The summed E-state index contributed by atoms with van der Waals surface area (Å²) in [5, 5.41) is 3.44. The quantitative estimate of drug-likeness (QED) is 0.581. The van der Waals surface area contributed by atoms with Crippen molar-refractivity contribution >= 4 is 21.6 Å². The van der Waals surface area contributed by atoms with Crippen LogP contribution in [0.3, 0.4) is 0 Å². The van der Waals surface area contributed by atoms with Gasteiger partial charge in [0.05, 0.1) is 13.2 Å². The summed E-state index contributed by atoms with van der Waals surface area (Å²) < 4.78 is 12.0. The summed E-state index contributed by atoms with van der Waals surface area (Å²) in [6, 6.07) is 8.25. The van der Waals surface area contributed by atoms with Crippen LogP contribution >= 0.6 is 15.9 Å². The van der Waals surface area contributed by atoms with Gasteiger partial charge in [-0.15, -0.1) is 0 Å². The van der Waals surface area contributed by atoms with Gasteiger partial charge in [-0.2, -0.15) is 0 Å². The summed E-state index contributed by atoms with van der Waals surface area (Å²) >= 11 is 3.44. The molecule has 4 nitrogen and oxygen atoms in total. The van der Waals surface area contributed by atoms with E-state index in [4.69, 9.17) is 9.47 Å². The number of nitrogens with zero attached hydrogens (tertiary/aromatic N) is 1. The summed E-state index contributed by atoms with van der Waals surface area (Å²) in [6.07, 6.45) is 0. The molecule has 0 saturated carbocycles. The van der Waals surface area contributed by atoms with Crippen molar-refractivity contribution in [2.45, 2.75) is 13.8 Å². The first kappa shape index (κ1) is 18.4. The number of rotatable bonds is 12. The molecule has 0 amide bonds. The molecule has 0 saturated heterocycles. The second-order valence-corrected chi connectivity index (χ2v) is 5.58. The van der Waals surface area contributed by atoms with Crippen LogP contribution in [0.25, 0.3) is 0 Å². The molecule has 1 rings (SSSR count). The fourth-order valence-corrected chi connectivity index (χ4v) is 2.20. The van der Waals surface area contributed by atoms with E-state index in [1.54, 1.807) is 0 Å². The molecule has 0 unspecified atom stereocenters. The number of nitrogens with one attached hydrogen (secondary N) is 1. The van der Waals surface area contributed by atoms with Crippen molar-refractivity contribution in [3.63, 3.8) is 0 Å². The third kappa shape index (κ3) is 9.09.